The largest absolute Gasteiger partial charge is 0.460 e. The molecular formula is C30H35F3O4. The van der Waals surface area contributed by atoms with E-state index >= 15 is 0 Å². The highest BCUT2D eigenvalue weighted by molar-refractivity contribution is 5.82. The highest BCUT2D eigenvalue weighted by Gasteiger charge is 2.64. The minimum absolute atomic E-state index is 0.188. The summed E-state index contributed by atoms with van der Waals surface area (Å²) in [4.78, 5) is 12.7. The van der Waals surface area contributed by atoms with Crippen molar-refractivity contribution < 1.29 is 32.2 Å². The zero-order chi connectivity index (χ0) is 27.1. The summed E-state index contributed by atoms with van der Waals surface area (Å²) in [5, 5.41) is 0. The summed E-state index contributed by atoms with van der Waals surface area (Å²) < 4.78 is 57.7. The number of hydrogen-bond acceptors (Lipinski definition) is 4. The smallest absolute Gasteiger partial charge is 0.432 e. The number of rotatable bonds is 12. The first-order chi connectivity index (χ1) is 17.5. The van der Waals surface area contributed by atoms with Crippen molar-refractivity contribution in [3.63, 3.8) is 0 Å². The van der Waals surface area contributed by atoms with Crippen molar-refractivity contribution in [3.05, 3.63) is 90.0 Å². The topological polar surface area (TPSA) is 48.1 Å². The molecule has 4 nitrogen and oxygen atoms in total. The second-order valence-electron chi connectivity index (χ2n) is 9.86. The van der Waals surface area contributed by atoms with Crippen LogP contribution in [0.1, 0.15) is 44.7 Å². The van der Waals surface area contributed by atoms with Crippen molar-refractivity contribution in [1.29, 1.82) is 0 Å². The van der Waals surface area contributed by atoms with Crippen LogP contribution in [0.3, 0.4) is 0 Å². The molecule has 5 atom stereocenters. The van der Waals surface area contributed by atoms with Crippen LogP contribution in [0.2, 0.25) is 0 Å². The van der Waals surface area contributed by atoms with Gasteiger partial charge in [-0.2, -0.15) is 13.2 Å². The molecule has 1 saturated heterocycles. The van der Waals surface area contributed by atoms with E-state index in [0.717, 1.165) is 13.5 Å². The Bertz CT molecular complexity index is 1070. The van der Waals surface area contributed by atoms with Crippen LogP contribution >= 0.6 is 0 Å². The van der Waals surface area contributed by atoms with Crippen molar-refractivity contribution in [2.24, 2.45) is 11.8 Å². The standard InChI is InChI=1S/C30H35F3O4/c1-22(18-19-24-14-7-5-8-15-24)12-11-13-23(2)20-28(3)26(37-28)21-36-27(34)29(35-4,30(31,32)33)25-16-9-6-10-17-25/h5-11,13-19,22-23,26H,12,20-21H2,1-4H3/b13-11+,19-18+/t22-,23-,26+,28+,29?/m0/s1. The molecule has 0 aromatic heterocycles. The van der Waals surface area contributed by atoms with E-state index in [1.165, 1.54) is 29.8 Å². The van der Waals surface area contributed by atoms with Gasteiger partial charge in [-0.05, 0) is 37.2 Å². The van der Waals surface area contributed by atoms with Crippen LogP contribution in [0.5, 0.6) is 0 Å². The van der Waals surface area contributed by atoms with Gasteiger partial charge in [-0.3, -0.25) is 0 Å². The van der Waals surface area contributed by atoms with E-state index in [2.05, 4.69) is 50.3 Å². The summed E-state index contributed by atoms with van der Waals surface area (Å²) in [5.41, 5.74) is -2.93. The van der Waals surface area contributed by atoms with Gasteiger partial charge in [-0.25, -0.2) is 4.79 Å². The number of hydrogen-bond donors (Lipinski definition) is 0. The molecule has 0 bridgehead atoms. The lowest BCUT2D eigenvalue weighted by atomic mass is 9.92. The lowest BCUT2D eigenvalue weighted by molar-refractivity contribution is -0.276. The third-order valence-electron chi connectivity index (χ3n) is 6.69. The summed E-state index contributed by atoms with van der Waals surface area (Å²) >= 11 is 0. The van der Waals surface area contributed by atoms with Crippen molar-refractivity contribution in [1.82, 2.24) is 0 Å². The van der Waals surface area contributed by atoms with E-state index < -0.39 is 29.5 Å². The number of methoxy groups -OCH3 is 1. The van der Waals surface area contributed by atoms with Gasteiger partial charge < -0.3 is 14.2 Å². The molecule has 0 saturated carbocycles. The molecule has 200 valence electrons. The zero-order valence-electron chi connectivity index (χ0n) is 21.7. The van der Waals surface area contributed by atoms with E-state index in [-0.39, 0.29) is 18.1 Å². The van der Waals surface area contributed by atoms with Gasteiger partial charge in [0, 0.05) is 12.7 Å². The lowest BCUT2D eigenvalue weighted by Crippen LogP contribution is -2.52. The van der Waals surface area contributed by atoms with Crippen molar-refractivity contribution in [3.8, 4) is 0 Å². The molecule has 1 aliphatic rings. The van der Waals surface area contributed by atoms with E-state index in [1.807, 2.05) is 25.1 Å². The molecular weight excluding hydrogens is 481 g/mol. The Kier molecular flexibility index (Phi) is 9.37. The van der Waals surface area contributed by atoms with Gasteiger partial charge in [0.2, 0.25) is 0 Å². The molecule has 37 heavy (non-hydrogen) atoms. The van der Waals surface area contributed by atoms with Crippen molar-refractivity contribution in [2.75, 3.05) is 13.7 Å². The monoisotopic (exact) mass is 516 g/mol. The Morgan fingerprint density at radius 2 is 1.65 bits per heavy atom. The Hall–Kier alpha value is -2.90. The molecule has 0 N–H and O–H groups in total. The van der Waals surface area contributed by atoms with Gasteiger partial charge in [0.25, 0.3) is 5.60 Å². The van der Waals surface area contributed by atoms with Gasteiger partial charge in [0.05, 0.1) is 5.60 Å². The summed E-state index contributed by atoms with van der Waals surface area (Å²) in [6, 6.07) is 16.9. The van der Waals surface area contributed by atoms with Gasteiger partial charge in [-0.15, -0.1) is 0 Å². The molecule has 0 radical (unpaired) electrons. The molecule has 1 unspecified atom stereocenters. The molecule has 1 fully saturated rings. The second-order valence-corrected chi connectivity index (χ2v) is 9.86. The molecule has 2 aromatic carbocycles. The van der Waals surface area contributed by atoms with Crippen LogP contribution in [0, 0.1) is 11.8 Å². The van der Waals surface area contributed by atoms with Crippen LogP contribution in [0.25, 0.3) is 6.08 Å². The zero-order valence-corrected chi connectivity index (χ0v) is 21.7. The molecule has 1 heterocycles. The predicted octanol–water partition coefficient (Wildman–Crippen LogP) is 7.11. The number of carbonyl (C=O) groups excluding carboxylic acids is 1. The Morgan fingerprint density at radius 3 is 2.24 bits per heavy atom. The summed E-state index contributed by atoms with van der Waals surface area (Å²) in [5.74, 6) is -0.937. The number of benzene rings is 2. The highest BCUT2D eigenvalue weighted by atomic mass is 19.4. The van der Waals surface area contributed by atoms with E-state index in [0.29, 0.717) is 12.3 Å². The third kappa shape index (κ3) is 7.11. The molecule has 3 rings (SSSR count). The molecule has 2 aromatic rings. The van der Waals surface area contributed by atoms with Crippen molar-refractivity contribution in [2.45, 2.75) is 57.1 Å². The quantitative estimate of drug-likeness (QED) is 0.171. The number of esters is 1. The maximum Gasteiger partial charge on any atom is 0.432 e. The second kappa shape index (κ2) is 12.1. The number of allylic oxidation sites excluding steroid dienone is 3. The van der Waals surface area contributed by atoms with Gasteiger partial charge in [0.15, 0.2) is 0 Å². The lowest BCUT2D eigenvalue weighted by Gasteiger charge is -2.32. The molecule has 1 aliphatic heterocycles. The molecule has 7 heteroatoms. The Balaban J connectivity index is 1.50. The number of alkyl halides is 3. The summed E-state index contributed by atoms with van der Waals surface area (Å²) in [7, 11) is 0.853. The number of carbonyl (C=O) groups is 1. The van der Waals surface area contributed by atoms with Crippen LogP contribution in [0.15, 0.2) is 78.9 Å². The van der Waals surface area contributed by atoms with Gasteiger partial charge in [0.1, 0.15) is 12.7 Å². The fraction of sp³-hybridized carbons (Fsp3) is 0.433. The average Bonchev–Trinajstić information content (AvgIpc) is 3.51. The maximum atomic E-state index is 14.0. The van der Waals surface area contributed by atoms with E-state index in [4.69, 9.17) is 14.2 Å². The van der Waals surface area contributed by atoms with Gasteiger partial charge >= 0.3 is 12.1 Å². The van der Waals surface area contributed by atoms with Crippen LogP contribution in [-0.2, 0) is 24.6 Å². The van der Waals surface area contributed by atoms with Crippen LogP contribution in [0.4, 0.5) is 13.2 Å². The SMILES string of the molecule is COC(C(=O)OC[C@H]1O[C@]1(C)C[C@@H](C)/C=C/C[C@H](C)/C=C/c1ccccc1)(c1ccccc1)C(F)(F)F. The van der Waals surface area contributed by atoms with Crippen LogP contribution < -0.4 is 0 Å². The maximum absolute atomic E-state index is 14.0. The first kappa shape index (κ1) is 28.7. The highest BCUT2D eigenvalue weighted by Crippen LogP contribution is 2.45. The minimum atomic E-state index is -5.00. The predicted molar refractivity (Wildman–Crippen MR) is 138 cm³/mol. The fourth-order valence-corrected chi connectivity index (χ4v) is 4.47. The van der Waals surface area contributed by atoms with Gasteiger partial charge in [-0.1, -0.05) is 98.8 Å². The number of epoxide rings is 1. The molecule has 0 aliphatic carbocycles. The molecule has 0 spiro atoms. The van der Waals surface area contributed by atoms with E-state index in [1.54, 1.807) is 6.07 Å². The van der Waals surface area contributed by atoms with Crippen molar-refractivity contribution >= 4 is 12.0 Å². The van der Waals surface area contributed by atoms with E-state index in [9.17, 15) is 18.0 Å². The Morgan fingerprint density at radius 1 is 1.03 bits per heavy atom. The first-order valence-electron chi connectivity index (χ1n) is 12.4. The fourth-order valence-electron chi connectivity index (χ4n) is 4.47. The number of ether oxygens (including phenoxy) is 3. The average molecular weight is 517 g/mol. The molecule has 0 amide bonds. The Labute approximate surface area is 217 Å². The first-order valence-corrected chi connectivity index (χ1v) is 12.4. The number of halogens is 3. The van der Waals surface area contributed by atoms with Crippen LogP contribution in [-0.4, -0.2) is 37.6 Å². The minimum Gasteiger partial charge on any atom is -0.460 e. The third-order valence-corrected chi connectivity index (χ3v) is 6.69. The summed E-state index contributed by atoms with van der Waals surface area (Å²) in [6.07, 6.45) is 4.63. The normalized spacial score (nSPS) is 23.1. The summed E-state index contributed by atoms with van der Waals surface area (Å²) in [6.45, 7) is 5.82.